The molecule has 2 aromatic carbocycles. The summed E-state index contributed by atoms with van der Waals surface area (Å²) in [5, 5.41) is 2.54. The van der Waals surface area contributed by atoms with Gasteiger partial charge in [0.25, 0.3) is 5.56 Å². The van der Waals surface area contributed by atoms with Crippen LogP contribution in [0.15, 0.2) is 65.0 Å². The molecule has 2 aromatic heterocycles. The van der Waals surface area contributed by atoms with Crippen LogP contribution in [0.4, 0.5) is 5.69 Å². The number of hydrogen-bond acceptors (Lipinski definition) is 4. The van der Waals surface area contributed by atoms with Crippen LogP contribution in [0, 0.1) is 6.92 Å². The molecule has 0 aliphatic rings. The minimum absolute atomic E-state index is 0.0505. The lowest BCUT2D eigenvalue weighted by Gasteiger charge is -2.22. The van der Waals surface area contributed by atoms with Gasteiger partial charge in [-0.05, 0) is 48.6 Å². The number of carbonyl (C=O) groups excluding carboxylic acids is 1. The van der Waals surface area contributed by atoms with Gasteiger partial charge in [-0.1, -0.05) is 50.2 Å². The van der Waals surface area contributed by atoms with Gasteiger partial charge < -0.3 is 4.90 Å². The van der Waals surface area contributed by atoms with E-state index in [2.05, 4.69) is 43.1 Å². The van der Waals surface area contributed by atoms with Crippen molar-refractivity contribution in [2.75, 3.05) is 11.4 Å². The molecule has 1 amide bonds. The van der Waals surface area contributed by atoms with Gasteiger partial charge in [0.2, 0.25) is 5.91 Å². The Morgan fingerprint density at radius 1 is 1.16 bits per heavy atom. The van der Waals surface area contributed by atoms with Crippen LogP contribution in [0.25, 0.3) is 21.3 Å². The van der Waals surface area contributed by atoms with Crippen LogP contribution in [0.2, 0.25) is 0 Å². The first-order valence-corrected chi connectivity index (χ1v) is 11.7. The highest BCUT2D eigenvalue weighted by molar-refractivity contribution is 7.17. The molecule has 0 N–H and O–H groups in total. The number of carbonyl (C=O) groups is 1. The van der Waals surface area contributed by atoms with Crippen molar-refractivity contribution >= 4 is 33.1 Å². The van der Waals surface area contributed by atoms with E-state index in [1.807, 2.05) is 43.5 Å². The van der Waals surface area contributed by atoms with E-state index >= 15 is 0 Å². The average Bonchev–Trinajstić information content (AvgIpc) is 3.21. The van der Waals surface area contributed by atoms with Gasteiger partial charge in [0, 0.05) is 23.2 Å². The van der Waals surface area contributed by atoms with Crippen LogP contribution in [-0.2, 0) is 11.3 Å². The zero-order valence-corrected chi connectivity index (χ0v) is 19.6. The fourth-order valence-electron chi connectivity index (χ4n) is 3.87. The Bertz CT molecular complexity index is 1320. The van der Waals surface area contributed by atoms with Crippen molar-refractivity contribution in [1.29, 1.82) is 0 Å². The normalized spacial score (nSPS) is 11.3. The number of fused-ring (bicyclic) bond motifs is 1. The maximum atomic E-state index is 13.4. The predicted octanol–water partition coefficient (Wildman–Crippen LogP) is 5.61. The Hall–Kier alpha value is -3.25. The Kier molecular flexibility index (Phi) is 6.24. The molecule has 0 spiro atoms. The van der Waals surface area contributed by atoms with Crippen molar-refractivity contribution in [3.05, 3.63) is 81.7 Å². The molecule has 4 rings (SSSR count). The zero-order valence-electron chi connectivity index (χ0n) is 18.8. The summed E-state index contributed by atoms with van der Waals surface area (Å²) in [6, 6.07) is 16.1. The topological polar surface area (TPSA) is 55.2 Å². The second kappa shape index (κ2) is 9.09. The van der Waals surface area contributed by atoms with Crippen LogP contribution in [-0.4, -0.2) is 22.0 Å². The summed E-state index contributed by atoms with van der Waals surface area (Å²) in [4.78, 5) is 33.3. The highest BCUT2D eigenvalue weighted by atomic mass is 32.1. The van der Waals surface area contributed by atoms with Crippen LogP contribution in [0.1, 0.15) is 37.8 Å². The van der Waals surface area contributed by atoms with Gasteiger partial charge in [-0.25, -0.2) is 4.98 Å². The lowest BCUT2D eigenvalue weighted by molar-refractivity contribution is -0.119. The number of thiophene rings is 1. The zero-order chi connectivity index (χ0) is 22.8. The van der Waals surface area contributed by atoms with Gasteiger partial charge in [0.05, 0.1) is 11.7 Å². The molecule has 164 valence electrons. The second-order valence-electron chi connectivity index (χ2n) is 8.26. The van der Waals surface area contributed by atoms with Crippen molar-refractivity contribution < 1.29 is 4.79 Å². The Balaban J connectivity index is 1.68. The minimum atomic E-state index is -0.187. The number of hydrogen-bond donors (Lipinski definition) is 0. The summed E-state index contributed by atoms with van der Waals surface area (Å²) in [7, 11) is 0. The van der Waals surface area contributed by atoms with Crippen molar-refractivity contribution in [2.24, 2.45) is 0 Å². The van der Waals surface area contributed by atoms with Gasteiger partial charge in [0.15, 0.2) is 0 Å². The van der Waals surface area contributed by atoms with Gasteiger partial charge in [0.1, 0.15) is 11.4 Å². The maximum Gasteiger partial charge on any atom is 0.263 e. The summed E-state index contributed by atoms with van der Waals surface area (Å²) in [5.41, 5.74) is 4.84. The molecule has 0 radical (unpaired) electrons. The number of anilines is 1. The first-order valence-electron chi connectivity index (χ1n) is 10.8. The first-order chi connectivity index (χ1) is 15.4. The summed E-state index contributed by atoms with van der Waals surface area (Å²) in [6.07, 6.45) is 1.48. The van der Waals surface area contributed by atoms with Gasteiger partial charge in [-0.15, -0.1) is 11.3 Å². The van der Waals surface area contributed by atoms with Crippen molar-refractivity contribution in [3.8, 4) is 11.1 Å². The largest absolute Gasteiger partial charge is 0.311 e. The Morgan fingerprint density at radius 2 is 1.91 bits per heavy atom. The van der Waals surface area contributed by atoms with E-state index in [-0.39, 0.29) is 18.0 Å². The number of amides is 1. The number of likely N-dealkylation sites (N-methyl/N-ethyl adjacent to an activating group) is 1. The van der Waals surface area contributed by atoms with E-state index in [0.717, 1.165) is 22.4 Å². The third-order valence-corrected chi connectivity index (χ3v) is 6.57. The molecule has 0 aliphatic carbocycles. The lowest BCUT2D eigenvalue weighted by atomic mass is 9.99. The fraction of sp³-hybridized carbons (Fsp3) is 0.269. The third-order valence-electron chi connectivity index (χ3n) is 5.69. The number of nitrogens with zero attached hydrogens (tertiary/aromatic N) is 3. The third kappa shape index (κ3) is 4.23. The fourth-order valence-corrected chi connectivity index (χ4v) is 4.78. The lowest BCUT2D eigenvalue weighted by Crippen LogP contribution is -2.36. The summed E-state index contributed by atoms with van der Waals surface area (Å²) >= 11 is 1.45. The molecule has 0 unspecified atom stereocenters. The van der Waals surface area contributed by atoms with E-state index in [1.54, 1.807) is 4.90 Å². The van der Waals surface area contributed by atoms with E-state index < -0.39 is 0 Å². The molecule has 6 heteroatoms. The number of aromatic nitrogens is 2. The summed E-state index contributed by atoms with van der Waals surface area (Å²) < 4.78 is 1.42. The van der Waals surface area contributed by atoms with E-state index in [1.165, 1.54) is 27.8 Å². The molecule has 4 aromatic rings. The van der Waals surface area contributed by atoms with E-state index in [0.29, 0.717) is 22.7 Å². The molecular formula is C26H27N3O2S. The Morgan fingerprint density at radius 3 is 2.56 bits per heavy atom. The molecule has 2 heterocycles. The standard InChI is InChI=1S/C26H27N3O2S/c1-5-29(21-8-6-7-18(4)13-21)23(30)14-28-16-27-25-24(26(28)31)22(15-32-25)20-11-9-19(10-12-20)17(2)3/h6-13,15-17H,5,14H2,1-4H3. The summed E-state index contributed by atoms with van der Waals surface area (Å²) in [5.74, 6) is 0.308. The van der Waals surface area contributed by atoms with Crippen LogP contribution < -0.4 is 10.5 Å². The van der Waals surface area contributed by atoms with Gasteiger partial charge >= 0.3 is 0 Å². The van der Waals surface area contributed by atoms with Crippen molar-refractivity contribution in [1.82, 2.24) is 9.55 Å². The van der Waals surface area contributed by atoms with Crippen LogP contribution >= 0.6 is 11.3 Å². The van der Waals surface area contributed by atoms with Crippen molar-refractivity contribution in [3.63, 3.8) is 0 Å². The average molecular weight is 446 g/mol. The van der Waals surface area contributed by atoms with E-state index in [9.17, 15) is 9.59 Å². The molecule has 32 heavy (non-hydrogen) atoms. The molecule has 0 aliphatic heterocycles. The number of aryl methyl sites for hydroxylation is 1. The molecule has 0 saturated carbocycles. The highest BCUT2D eigenvalue weighted by Gasteiger charge is 2.18. The number of rotatable bonds is 6. The molecule has 0 atom stereocenters. The van der Waals surface area contributed by atoms with Crippen LogP contribution in [0.3, 0.4) is 0 Å². The van der Waals surface area contributed by atoms with E-state index in [4.69, 9.17) is 0 Å². The van der Waals surface area contributed by atoms with Gasteiger partial charge in [-0.3, -0.25) is 14.2 Å². The smallest absolute Gasteiger partial charge is 0.263 e. The second-order valence-corrected chi connectivity index (χ2v) is 9.12. The molecule has 5 nitrogen and oxygen atoms in total. The van der Waals surface area contributed by atoms with Gasteiger partial charge in [-0.2, -0.15) is 0 Å². The molecule has 0 fully saturated rings. The first kappa shape index (κ1) is 22.0. The van der Waals surface area contributed by atoms with Crippen molar-refractivity contribution in [2.45, 2.75) is 40.2 Å². The molecule has 0 bridgehead atoms. The molecule has 0 saturated heterocycles. The maximum absolute atomic E-state index is 13.4. The SMILES string of the molecule is CCN(C(=O)Cn1cnc2scc(-c3ccc(C(C)C)cc3)c2c1=O)c1cccc(C)c1. The molecular weight excluding hydrogens is 418 g/mol. The predicted molar refractivity (Wildman–Crippen MR) is 133 cm³/mol. The minimum Gasteiger partial charge on any atom is -0.311 e. The quantitative estimate of drug-likeness (QED) is 0.388. The monoisotopic (exact) mass is 445 g/mol. The number of benzene rings is 2. The summed E-state index contributed by atoms with van der Waals surface area (Å²) in [6.45, 7) is 8.72. The highest BCUT2D eigenvalue weighted by Crippen LogP contribution is 2.31. The Labute approximate surface area is 192 Å². The van der Waals surface area contributed by atoms with Crippen LogP contribution in [0.5, 0.6) is 0 Å².